The lowest BCUT2D eigenvalue weighted by Gasteiger charge is -2.29. The van der Waals surface area contributed by atoms with Gasteiger partial charge in [-0.15, -0.1) is 23.2 Å². The molecule has 1 aromatic rings. The summed E-state index contributed by atoms with van der Waals surface area (Å²) >= 11 is 14.5. The molecule has 0 radical (unpaired) electrons. The molecule has 0 fully saturated rings. The van der Waals surface area contributed by atoms with Crippen molar-refractivity contribution >= 4 is 45.0 Å². The minimum absolute atomic E-state index is 0.0541. The molecule has 0 heterocycles. The van der Waals surface area contributed by atoms with E-state index in [0.29, 0.717) is 6.42 Å². The van der Waals surface area contributed by atoms with E-state index >= 15 is 0 Å². The molecule has 2 nitrogen and oxygen atoms in total. The summed E-state index contributed by atoms with van der Waals surface area (Å²) in [5, 5.41) is 2.50. The maximum atomic E-state index is 13.7. The van der Waals surface area contributed by atoms with Crippen molar-refractivity contribution < 1.29 is 13.6 Å². The van der Waals surface area contributed by atoms with E-state index in [1.165, 1.54) is 0 Å². The largest absolute Gasteiger partial charge is 0.344 e. The average molecular weight is 375 g/mol. The second-order valence-electron chi connectivity index (χ2n) is 4.10. The number of halogens is 5. The molecule has 0 unspecified atom stereocenters. The van der Waals surface area contributed by atoms with Crippen molar-refractivity contribution in [2.24, 2.45) is 0 Å². The molecule has 19 heavy (non-hydrogen) atoms. The molecule has 0 aliphatic carbocycles. The van der Waals surface area contributed by atoms with Gasteiger partial charge in [0.15, 0.2) is 0 Å². The van der Waals surface area contributed by atoms with Crippen molar-refractivity contribution in [2.45, 2.75) is 18.9 Å². The zero-order chi connectivity index (χ0) is 14.6. The van der Waals surface area contributed by atoms with Gasteiger partial charge in [-0.2, -0.15) is 0 Å². The van der Waals surface area contributed by atoms with Crippen molar-refractivity contribution in [3.8, 4) is 0 Å². The fourth-order valence-corrected chi connectivity index (χ4v) is 2.64. The summed E-state index contributed by atoms with van der Waals surface area (Å²) in [6.07, 6.45) is 0.450. The van der Waals surface area contributed by atoms with Gasteiger partial charge in [0, 0.05) is 16.2 Å². The summed E-state index contributed by atoms with van der Waals surface area (Å²) in [5.74, 6) is -2.65. The number of hydrogen-bond acceptors (Lipinski definition) is 1. The molecule has 1 N–H and O–H groups in total. The molecule has 1 rings (SSSR count). The predicted octanol–water partition coefficient (Wildman–Crippen LogP) is 4.08. The van der Waals surface area contributed by atoms with Crippen LogP contribution in [0.2, 0.25) is 0 Å². The highest BCUT2D eigenvalue weighted by Gasteiger charge is 2.30. The summed E-state index contributed by atoms with van der Waals surface area (Å²) < 4.78 is 27.5. The monoisotopic (exact) mass is 373 g/mol. The van der Waals surface area contributed by atoms with Gasteiger partial charge >= 0.3 is 0 Å². The Morgan fingerprint density at radius 1 is 1.32 bits per heavy atom. The van der Waals surface area contributed by atoms with E-state index in [1.807, 2.05) is 0 Å². The Bertz CT molecular complexity index is 450. The molecule has 106 valence electrons. The minimum Gasteiger partial charge on any atom is -0.344 e. The van der Waals surface area contributed by atoms with Crippen LogP contribution in [0.15, 0.2) is 16.6 Å². The number of alkyl halides is 2. The van der Waals surface area contributed by atoms with Gasteiger partial charge in [0.05, 0.1) is 5.54 Å². The Balaban J connectivity index is 3.08. The van der Waals surface area contributed by atoms with Crippen LogP contribution < -0.4 is 5.32 Å². The lowest BCUT2D eigenvalue weighted by atomic mass is 10.0. The Kier molecular flexibility index (Phi) is 6.02. The van der Waals surface area contributed by atoms with Crippen LogP contribution in [0.4, 0.5) is 8.78 Å². The zero-order valence-electron chi connectivity index (χ0n) is 10.1. The van der Waals surface area contributed by atoms with Crippen molar-refractivity contribution in [1.29, 1.82) is 0 Å². The first-order valence-electron chi connectivity index (χ1n) is 5.48. The third kappa shape index (κ3) is 3.80. The molecule has 0 saturated heterocycles. The van der Waals surface area contributed by atoms with Gasteiger partial charge in [0.1, 0.15) is 17.2 Å². The third-order valence-electron chi connectivity index (χ3n) is 2.80. The van der Waals surface area contributed by atoms with E-state index in [4.69, 9.17) is 23.2 Å². The van der Waals surface area contributed by atoms with Crippen LogP contribution in [0.5, 0.6) is 0 Å². The number of carbonyl (C=O) groups excluding carboxylic acids is 1. The van der Waals surface area contributed by atoms with Crippen LogP contribution in [0.25, 0.3) is 0 Å². The van der Waals surface area contributed by atoms with E-state index in [1.54, 1.807) is 6.92 Å². The number of nitrogens with one attached hydrogen (secondary N) is 1. The van der Waals surface area contributed by atoms with Crippen LogP contribution >= 0.6 is 39.1 Å². The summed E-state index contributed by atoms with van der Waals surface area (Å²) in [7, 11) is 0. The van der Waals surface area contributed by atoms with E-state index in [-0.39, 0.29) is 16.2 Å². The van der Waals surface area contributed by atoms with E-state index in [0.717, 1.165) is 12.1 Å². The van der Waals surface area contributed by atoms with Gasteiger partial charge in [-0.3, -0.25) is 4.79 Å². The van der Waals surface area contributed by atoms with Crippen molar-refractivity contribution in [1.82, 2.24) is 5.32 Å². The fraction of sp³-hybridized carbons (Fsp3) is 0.417. The molecule has 1 aromatic carbocycles. The molecule has 0 atom stereocenters. The first-order chi connectivity index (χ1) is 8.89. The average Bonchev–Trinajstić information content (AvgIpc) is 2.35. The molecule has 0 aromatic heterocycles. The summed E-state index contributed by atoms with van der Waals surface area (Å²) in [6, 6.07) is 2.04. The van der Waals surface area contributed by atoms with Crippen LogP contribution in [-0.4, -0.2) is 23.2 Å². The number of benzene rings is 1. The number of hydrogen-bond donors (Lipinski definition) is 1. The molecular formula is C12H12BrCl2F2NO. The van der Waals surface area contributed by atoms with Gasteiger partial charge < -0.3 is 5.32 Å². The highest BCUT2D eigenvalue weighted by atomic mass is 79.9. The minimum atomic E-state index is -0.946. The molecule has 0 bridgehead atoms. The normalized spacial score (nSPS) is 11.5. The topological polar surface area (TPSA) is 29.1 Å². The quantitative estimate of drug-likeness (QED) is 0.773. The summed E-state index contributed by atoms with van der Waals surface area (Å²) in [6.45, 7) is 1.78. The molecule has 0 aliphatic heterocycles. The smallest absolute Gasteiger partial charge is 0.257 e. The lowest BCUT2D eigenvalue weighted by Crippen LogP contribution is -2.51. The molecular weight excluding hydrogens is 363 g/mol. The molecule has 1 amide bonds. The van der Waals surface area contributed by atoms with E-state index < -0.39 is 28.6 Å². The Morgan fingerprint density at radius 2 is 1.79 bits per heavy atom. The van der Waals surface area contributed by atoms with Crippen molar-refractivity contribution in [3.63, 3.8) is 0 Å². The van der Waals surface area contributed by atoms with Gasteiger partial charge in [-0.1, -0.05) is 22.9 Å². The fourth-order valence-electron chi connectivity index (χ4n) is 1.44. The summed E-state index contributed by atoms with van der Waals surface area (Å²) in [5.41, 5.74) is -1.53. The van der Waals surface area contributed by atoms with Crippen molar-refractivity contribution in [2.75, 3.05) is 11.8 Å². The standard InChI is InChI=1S/C12H12BrCl2F2NO/c1-2-12(5-14,6-15)18-11(19)10-8(16)3-7(13)4-9(10)17/h3-4H,2,5-6H2,1H3,(H,18,19). The first kappa shape index (κ1) is 16.7. The van der Waals surface area contributed by atoms with Crippen LogP contribution in [0.3, 0.4) is 0 Å². The van der Waals surface area contributed by atoms with Crippen molar-refractivity contribution in [3.05, 3.63) is 33.8 Å². The maximum Gasteiger partial charge on any atom is 0.257 e. The Morgan fingerprint density at radius 3 is 2.16 bits per heavy atom. The maximum absolute atomic E-state index is 13.7. The van der Waals surface area contributed by atoms with Crippen LogP contribution in [0, 0.1) is 11.6 Å². The number of amides is 1. The van der Waals surface area contributed by atoms with Crippen LogP contribution in [0.1, 0.15) is 23.7 Å². The van der Waals surface area contributed by atoms with Gasteiger partial charge in [0.2, 0.25) is 0 Å². The van der Waals surface area contributed by atoms with Gasteiger partial charge in [0.25, 0.3) is 5.91 Å². The number of carbonyl (C=O) groups is 1. The first-order valence-corrected chi connectivity index (χ1v) is 7.34. The molecule has 0 saturated carbocycles. The zero-order valence-corrected chi connectivity index (χ0v) is 13.2. The third-order valence-corrected chi connectivity index (χ3v) is 4.28. The molecule has 0 aliphatic rings. The van der Waals surface area contributed by atoms with Gasteiger partial charge in [-0.25, -0.2) is 8.78 Å². The van der Waals surface area contributed by atoms with E-state index in [2.05, 4.69) is 21.2 Å². The highest BCUT2D eigenvalue weighted by Crippen LogP contribution is 2.21. The highest BCUT2D eigenvalue weighted by molar-refractivity contribution is 9.10. The summed E-state index contributed by atoms with van der Waals surface area (Å²) in [4.78, 5) is 12.0. The molecule has 0 spiro atoms. The number of rotatable bonds is 5. The second kappa shape index (κ2) is 6.86. The second-order valence-corrected chi connectivity index (χ2v) is 5.55. The van der Waals surface area contributed by atoms with Crippen LogP contribution in [-0.2, 0) is 0 Å². The van der Waals surface area contributed by atoms with E-state index in [9.17, 15) is 13.6 Å². The predicted molar refractivity (Wildman–Crippen MR) is 76.0 cm³/mol. The Labute approximate surface area is 128 Å². The van der Waals surface area contributed by atoms with Gasteiger partial charge in [-0.05, 0) is 18.6 Å². The lowest BCUT2D eigenvalue weighted by molar-refractivity contribution is 0.0905. The SMILES string of the molecule is CCC(CCl)(CCl)NC(=O)c1c(F)cc(Br)cc1F. The Hall–Kier alpha value is -0.390. The molecule has 7 heteroatoms.